The lowest BCUT2D eigenvalue weighted by atomic mass is 9.62. The Bertz CT molecular complexity index is 2530. The molecule has 2 unspecified atom stereocenters. The van der Waals surface area contributed by atoms with Crippen LogP contribution < -0.4 is 0 Å². The van der Waals surface area contributed by atoms with Crippen LogP contribution in [0.2, 0.25) is 0 Å². The molecule has 4 heteroatoms. The topological polar surface area (TPSA) is 74.6 Å². The number of aryl methyl sites for hydroxylation is 1. The van der Waals surface area contributed by atoms with Crippen LogP contribution in [-0.4, -0.2) is 22.2 Å². The molecule has 0 amide bonds. The molecular formula is C59H70O4. The molecule has 4 aromatic rings. The van der Waals surface area contributed by atoms with Crippen molar-refractivity contribution in [3.63, 3.8) is 0 Å². The number of allylic oxidation sites excluding steroid dienone is 6. The van der Waals surface area contributed by atoms with Crippen molar-refractivity contribution in [2.45, 2.75) is 161 Å². The minimum absolute atomic E-state index is 0.225. The van der Waals surface area contributed by atoms with E-state index in [-0.39, 0.29) is 21.7 Å². The van der Waals surface area contributed by atoms with E-state index >= 15 is 0 Å². The fourth-order valence-electron chi connectivity index (χ4n) is 10.8. The van der Waals surface area contributed by atoms with Crippen LogP contribution in [0.1, 0.15) is 194 Å². The van der Waals surface area contributed by atoms with Gasteiger partial charge in [0.05, 0.1) is 0 Å². The molecule has 8 rings (SSSR count). The van der Waals surface area contributed by atoms with Gasteiger partial charge in [0.25, 0.3) is 0 Å². The molecule has 0 bridgehead atoms. The van der Waals surface area contributed by atoms with Crippen LogP contribution in [0.25, 0.3) is 22.3 Å². The molecule has 2 N–H and O–H groups in total. The maximum Gasteiger partial charge on any atom is 0.328 e. The molecule has 4 aliphatic rings. The summed E-state index contributed by atoms with van der Waals surface area (Å²) in [5.41, 5.74) is 20.3. The first-order valence-electron chi connectivity index (χ1n) is 23.3. The lowest BCUT2D eigenvalue weighted by molar-refractivity contribution is -0.132. The monoisotopic (exact) mass is 843 g/mol. The maximum absolute atomic E-state index is 10.9. The summed E-state index contributed by atoms with van der Waals surface area (Å²) in [7, 11) is 0. The van der Waals surface area contributed by atoms with Crippen LogP contribution >= 0.6 is 0 Å². The second-order valence-electron chi connectivity index (χ2n) is 21.8. The van der Waals surface area contributed by atoms with Gasteiger partial charge in [-0.15, -0.1) is 0 Å². The predicted molar refractivity (Wildman–Crippen MR) is 264 cm³/mol. The van der Waals surface area contributed by atoms with Crippen LogP contribution in [0.15, 0.2) is 103 Å². The van der Waals surface area contributed by atoms with Crippen LogP contribution in [0, 0.1) is 6.92 Å². The average molecular weight is 843 g/mol. The highest BCUT2D eigenvalue weighted by molar-refractivity contribution is 5.90. The fourth-order valence-corrected chi connectivity index (χ4v) is 10.8. The summed E-state index contributed by atoms with van der Waals surface area (Å²) >= 11 is 0. The molecule has 0 aromatic heterocycles. The molecule has 0 spiro atoms. The zero-order valence-corrected chi connectivity index (χ0v) is 39.8. The van der Waals surface area contributed by atoms with Gasteiger partial charge in [-0.2, -0.15) is 0 Å². The van der Waals surface area contributed by atoms with E-state index in [4.69, 9.17) is 10.2 Å². The number of hydrogen-bond donors (Lipinski definition) is 2. The Morgan fingerprint density at radius 3 is 1.38 bits per heavy atom. The summed E-state index contributed by atoms with van der Waals surface area (Å²) < 4.78 is 0. The van der Waals surface area contributed by atoms with Gasteiger partial charge in [-0.3, -0.25) is 0 Å². The highest BCUT2D eigenvalue weighted by Crippen LogP contribution is 2.50. The number of carboxylic acids is 2. The first-order valence-corrected chi connectivity index (χ1v) is 23.3. The van der Waals surface area contributed by atoms with E-state index in [0.717, 1.165) is 48.0 Å². The SMILES string of the molecule is CC(=CC(=O)O)c1ccc(C2C=C(c3cc4c(cc3C)C(C)(C)CCC4(C)C)CC2)cc1.CC(=CC(=O)O)c1ccc(C2C=C(c3ccc4c(c3)C(C)(C)CCC4(C)C)CC2)cc1. The van der Waals surface area contributed by atoms with Crippen LogP contribution in [0.3, 0.4) is 0 Å². The van der Waals surface area contributed by atoms with Crippen LogP contribution in [0.4, 0.5) is 0 Å². The van der Waals surface area contributed by atoms with Gasteiger partial charge in [0.2, 0.25) is 0 Å². The lowest BCUT2D eigenvalue weighted by Gasteiger charge is -2.42. The highest BCUT2D eigenvalue weighted by atomic mass is 16.4. The van der Waals surface area contributed by atoms with E-state index in [1.165, 1.54) is 99.1 Å². The first-order chi connectivity index (χ1) is 29.5. The fraction of sp³-hybridized carbons (Fsp3) is 0.424. The Labute approximate surface area is 378 Å². The van der Waals surface area contributed by atoms with Gasteiger partial charge in [0.1, 0.15) is 0 Å². The van der Waals surface area contributed by atoms with Gasteiger partial charge in [0, 0.05) is 24.0 Å². The smallest absolute Gasteiger partial charge is 0.328 e. The summed E-state index contributed by atoms with van der Waals surface area (Å²) in [6.45, 7) is 25.1. The third-order valence-corrected chi connectivity index (χ3v) is 15.3. The van der Waals surface area contributed by atoms with Crippen molar-refractivity contribution in [3.8, 4) is 0 Å². The molecule has 63 heavy (non-hydrogen) atoms. The molecule has 0 saturated carbocycles. The van der Waals surface area contributed by atoms with Crippen molar-refractivity contribution in [2.24, 2.45) is 0 Å². The quantitative estimate of drug-likeness (QED) is 0.173. The maximum atomic E-state index is 10.9. The number of benzene rings is 4. The molecule has 0 saturated heterocycles. The summed E-state index contributed by atoms with van der Waals surface area (Å²) in [5.74, 6) is -0.959. The van der Waals surface area contributed by atoms with Crippen molar-refractivity contribution < 1.29 is 19.8 Å². The molecule has 330 valence electrons. The second kappa shape index (κ2) is 17.4. The summed E-state index contributed by atoms with van der Waals surface area (Å²) in [6.07, 6.45) is 16.9. The van der Waals surface area contributed by atoms with E-state index in [2.05, 4.69) is 129 Å². The molecule has 0 fully saturated rings. The number of fused-ring (bicyclic) bond motifs is 2. The number of aliphatic carboxylic acids is 2. The van der Waals surface area contributed by atoms with Crippen molar-refractivity contribution >= 4 is 34.2 Å². The second-order valence-corrected chi connectivity index (χ2v) is 21.8. The van der Waals surface area contributed by atoms with E-state index < -0.39 is 11.9 Å². The van der Waals surface area contributed by atoms with E-state index in [0.29, 0.717) is 11.8 Å². The molecule has 4 nitrogen and oxygen atoms in total. The molecule has 4 aliphatic carbocycles. The molecule has 0 heterocycles. The van der Waals surface area contributed by atoms with Crippen molar-refractivity contribution in [1.82, 2.24) is 0 Å². The van der Waals surface area contributed by atoms with Crippen molar-refractivity contribution in [2.75, 3.05) is 0 Å². The van der Waals surface area contributed by atoms with Gasteiger partial charge in [0.15, 0.2) is 0 Å². The van der Waals surface area contributed by atoms with Gasteiger partial charge < -0.3 is 10.2 Å². The van der Waals surface area contributed by atoms with Crippen molar-refractivity contribution in [3.05, 3.63) is 164 Å². The van der Waals surface area contributed by atoms with Gasteiger partial charge in [-0.1, -0.05) is 146 Å². The van der Waals surface area contributed by atoms with Gasteiger partial charge >= 0.3 is 11.9 Å². The number of carbonyl (C=O) groups is 2. The lowest BCUT2D eigenvalue weighted by Crippen LogP contribution is -2.34. The molecule has 0 aliphatic heterocycles. The first kappa shape index (κ1) is 45.8. The van der Waals surface area contributed by atoms with E-state index in [1.807, 2.05) is 38.1 Å². The standard InChI is InChI=1S/C30H36O2.C29H34O2/c1-19(16-28(31)32)21-7-9-22(10-8-21)23-11-12-24(17-23)25-18-27-26(15-20(25)2)29(3,4)13-14-30(27,5)6;1-19(16-27(30)31)20-6-8-21(9-7-20)22-10-11-23(17-22)24-12-13-25-26(18-24)29(4,5)15-14-28(25,2)3/h7-10,15-18,23H,11-14H2,1-6H3,(H,31,32);6-9,12-13,16-18,22H,10-11,14-15H2,1-5H3,(H,30,31). The average Bonchev–Trinajstić information content (AvgIpc) is 3.93. The third-order valence-electron chi connectivity index (χ3n) is 15.3. The van der Waals surface area contributed by atoms with Crippen molar-refractivity contribution in [1.29, 1.82) is 0 Å². The van der Waals surface area contributed by atoms with E-state index in [9.17, 15) is 9.59 Å². The minimum Gasteiger partial charge on any atom is -0.478 e. The number of rotatable bonds is 8. The normalized spacial score (nSPS) is 21.9. The third kappa shape index (κ3) is 9.81. The molecule has 4 aromatic carbocycles. The highest BCUT2D eigenvalue weighted by Gasteiger charge is 2.39. The zero-order chi connectivity index (χ0) is 45.6. The minimum atomic E-state index is -0.901. The molecule has 0 radical (unpaired) electrons. The summed E-state index contributed by atoms with van der Waals surface area (Å²) in [6, 6.07) is 28.9. The van der Waals surface area contributed by atoms with Crippen LogP contribution in [0.5, 0.6) is 0 Å². The zero-order valence-electron chi connectivity index (χ0n) is 39.8. The number of carboxylic acid groups (broad SMARTS) is 2. The van der Waals surface area contributed by atoms with E-state index in [1.54, 1.807) is 0 Å². The van der Waals surface area contributed by atoms with Gasteiger partial charge in [-0.25, -0.2) is 9.59 Å². The predicted octanol–water partition coefficient (Wildman–Crippen LogP) is 15.3. The Morgan fingerprint density at radius 2 is 0.921 bits per heavy atom. The Hall–Kier alpha value is -5.22. The Balaban J connectivity index is 0.000000189. The number of hydrogen-bond acceptors (Lipinski definition) is 2. The molecule has 2 atom stereocenters. The summed E-state index contributed by atoms with van der Waals surface area (Å²) in [5, 5.41) is 17.9. The van der Waals surface area contributed by atoms with Gasteiger partial charge in [-0.05, 0) is 177 Å². The Kier molecular flexibility index (Phi) is 12.6. The largest absolute Gasteiger partial charge is 0.478 e. The summed E-state index contributed by atoms with van der Waals surface area (Å²) in [4.78, 5) is 21.8. The Morgan fingerprint density at radius 1 is 0.524 bits per heavy atom. The van der Waals surface area contributed by atoms with Crippen LogP contribution in [-0.2, 0) is 31.2 Å². The molecular weight excluding hydrogens is 773 g/mol.